The SMILES string of the molecule is Cc1cc(C)c(C2(N)C=CC=CC2N)cn1. The van der Waals surface area contributed by atoms with Gasteiger partial charge < -0.3 is 11.5 Å². The Morgan fingerprint density at radius 1 is 1.31 bits per heavy atom. The lowest BCUT2D eigenvalue weighted by molar-refractivity contribution is 0.488. The summed E-state index contributed by atoms with van der Waals surface area (Å²) in [5.41, 5.74) is 14.9. The minimum Gasteiger partial charge on any atom is -0.322 e. The molecule has 16 heavy (non-hydrogen) atoms. The second kappa shape index (κ2) is 3.85. The van der Waals surface area contributed by atoms with E-state index in [1.54, 1.807) is 0 Å². The van der Waals surface area contributed by atoms with Gasteiger partial charge in [0.05, 0.1) is 5.54 Å². The lowest BCUT2D eigenvalue weighted by Crippen LogP contribution is -2.51. The second-order valence-corrected chi connectivity index (χ2v) is 4.34. The first-order chi connectivity index (χ1) is 7.54. The van der Waals surface area contributed by atoms with Crippen LogP contribution in [0.1, 0.15) is 16.8 Å². The standard InChI is InChI=1S/C13H17N3/c1-9-7-10(2)16-8-11(9)13(15)6-4-3-5-12(13)14/h3-8,12H,14-15H2,1-2H3. The highest BCUT2D eigenvalue weighted by molar-refractivity contribution is 5.41. The van der Waals surface area contributed by atoms with Crippen molar-refractivity contribution in [1.29, 1.82) is 0 Å². The highest BCUT2D eigenvalue weighted by Crippen LogP contribution is 2.28. The summed E-state index contributed by atoms with van der Waals surface area (Å²) in [6.07, 6.45) is 9.54. The van der Waals surface area contributed by atoms with Crippen LogP contribution in [0.5, 0.6) is 0 Å². The molecule has 2 unspecified atom stereocenters. The summed E-state index contributed by atoms with van der Waals surface area (Å²) in [4.78, 5) is 4.30. The van der Waals surface area contributed by atoms with Crippen LogP contribution in [-0.2, 0) is 5.54 Å². The normalized spacial score (nSPS) is 28.4. The molecule has 0 amide bonds. The molecule has 1 aliphatic rings. The van der Waals surface area contributed by atoms with Crippen LogP contribution in [0, 0.1) is 13.8 Å². The van der Waals surface area contributed by atoms with Crippen molar-refractivity contribution >= 4 is 0 Å². The lowest BCUT2D eigenvalue weighted by atomic mass is 9.80. The van der Waals surface area contributed by atoms with Crippen LogP contribution in [0.2, 0.25) is 0 Å². The third-order valence-corrected chi connectivity index (χ3v) is 3.07. The number of hydrogen-bond donors (Lipinski definition) is 2. The maximum absolute atomic E-state index is 6.37. The third kappa shape index (κ3) is 1.68. The van der Waals surface area contributed by atoms with E-state index >= 15 is 0 Å². The molecule has 3 heteroatoms. The molecule has 0 aliphatic heterocycles. The summed E-state index contributed by atoms with van der Waals surface area (Å²) in [5.74, 6) is 0. The van der Waals surface area contributed by atoms with Crippen molar-refractivity contribution < 1.29 is 0 Å². The van der Waals surface area contributed by atoms with Crippen LogP contribution >= 0.6 is 0 Å². The molecule has 1 aromatic heterocycles. The molecule has 3 nitrogen and oxygen atoms in total. The second-order valence-electron chi connectivity index (χ2n) is 4.34. The van der Waals surface area contributed by atoms with Crippen LogP contribution < -0.4 is 11.5 Å². The van der Waals surface area contributed by atoms with Crippen molar-refractivity contribution in [2.75, 3.05) is 0 Å². The van der Waals surface area contributed by atoms with Gasteiger partial charge >= 0.3 is 0 Å². The number of aryl methyl sites for hydroxylation is 2. The summed E-state index contributed by atoms with van der Waals surface area (Å²) < 4.78 is 0. The zero-order valence-electron chi connectivity index (χ0n) is 9.64. The summed E-state index contributed by atoms with van der Waals surface area (Å²) >= 11 is 0. The van der Waals surface area contributed by atoms with Crippen molar-refractivity contribution in [2.45, 2.75) is 25.4 Å². The van der Waals surface area contributed by atoms with Gasteiger partial charge in [-0.25, -0.2) is 0 Å². The average Bonchev–Trinajstić information content (AvgIpc) is 2.22. The first-order valence-corrected chi connectivity index (χ1v) is 5.38. The smallest absolute Gasteiger partial charge is 0.0806 e. The van der Waals surface area contributed by atoms with Crippen LogP contribution in [0.3, 0.4) is 0 Å². The average molecular weight is 215 g/mol. The molecule has 1 aliphatic carbocycles. The molecule has 0 bridgehead atoms. The van der Waals surface area contributed by atoms with Crippen molar-refractivity contribution in [2.24, 2.45) is 11.5 Å². The Morgan fingerprint density at radius 2 is 2.06 bits per heavy atom. The largest absolute Gasteiger partial charge is 0.322 e. The van der Waals surface area contributed by atoms with Gasteiger partial charge in [-0.05, 0) is 31.0 Å². The Morgan fingerprint density at radius 3 is 2.69 bits per heavy atom. The van der Waals surface area contributed by atoms with Gasteiger partial charge in [-0.2, -0.15) is 0 Å². The highest BCUT2D eigenvalue weighted by atomic mass is 14.9. The monoisotopic (exact) mass is 215 g/mol. The Kier molecular flexibility index (Phi) is 2.66. The zero-order chi connectivity index (χ0) is 11.8. The molecule has 2 atom stereocenters. The number of nitrogens with two attached hydrogens (primary N) is 2. The van der Waals surface area contributed by atoms with E-state index in [-0.39, 0.29) is 6.04 Å². The fourth-order valence-corrected chi connectivity index (χ4v) is 2.09. The van der Waals surface area contributed by atoms with Crippen molar-refractivity contribution in [3.05, 3.63) is 53.4 Å². The fourth-order valence-electron chi connectivity index (χ4n) is 2.09. The molecular formula is C13H17N3. The first kappa shape index (κ1) is 11.0. The van der Waals surface area contributed by atoms with Gasteiger partial charge in [0.1, 0.15) is 0 Å². The van der Waals surface area contributed by atoms with Gasteiger partial charge in [-0.1, -0.05) is 24.3 Å². The van der Waals surface area contributed by atoms with E-state index in [0.717, 1.165) is 16.8 Å². The summed E-state index contributed by atoms with van der Waals surface area (Å²) in [7, 11) is 0. The highest BCUT2D eigenvalue weighted by Gasteiger charge is 2.33. The van der Waals surface area contributed by atoms with Crippen LogP contribution in [-0.4, -0.2) is 11.0 Å². The summed E-state index contributed by atoms with van der Waals surface area (Å²) in [5, 5.41) is 0. The molecule has 0 saturated heterocycles. The maximum atomic E-state index is 6.37. The Labute approximate surface area is 95.9 Å². The number of pyridine rings is 1. The zero-order valence-corrected chi connectivity index (χ0v) is 9.64. The third-order valence-electron chi connectivity index (χ3n) is 3.07. The molecule has 1 heterocycles. The number of nitrogens with zero attached hydrogens (tertiary/aromatic N) is 1. The molecule has 0 saturated carbocycles. The lowest BCUT2D eigenvalue weighted by Gasteiger charge is -2.34. The molecule has 0 radical (unpaired) electrons. The number of aromatic nitrogens is 1. The molecule has 4 N–H and O–H groups in total. The van der Waals surface area contributed by atoms with Gasteiger partial charge in [-0.3, -0.25) is 4.98 Å². The molecule has 0 spiro atoms. The van der Waals surface area contributed by atoms with E-state index < -0.39 is 5.54 Å². The van der Waals surface area contributed by atoms with Crippen LogP contribution in [0.15, 0.2) is 36.6 Å². The van der Waals surface area contributed by atoms with Gasteiger partial charge in [-0.15, -0.1) is 0 Å². The first-order valence-electron chi connectivity index (χ1n) is 5.38. The van der Waals surface area contributed by atoms with Crippen molar-refractivity contribution in [3.63, 3.8) is 0 Å². The van der Waals surface area contributed by atoms with E-state index in [9.17, 15) is 0 Å². The van der Waals surface area contributed by atoms with Crippen molar-refractivity contribution in [3.8, 4) is 0 Å². The molecule has 0 fully saturated rings. The Hall–Kier alpha value is -1.45. The number of allylic oxidation sites excluding steroid dienone is 2. The summed E-state index contributed by atoms with van der Waals surface area (Å²) in [6, 6.07) is 1.82. The van der Waals surface area contributed by atoms with E-state index in [1.807, 2.05) is 50.4 Å². The van der Waals surface area contributed by atoms with Gasteiger partial charge in [0.25, 0.3) is 0 Å². The van der Waals surface area contributed by atoms with Crippen molar-refractivity contribution in [1.82, 2.24) is 4.98 Å². The van der Waals surface area contributed by atoms with E-state index in [2.05, 4.69) is 4.98 Å². The Bertz CT molecular complexity index is 462. The summed E-state index contributed by atoms with van der Waals surface area (Å²) in [6.45, 7) is 4.01. The topological polar surface area (TPSA) is 64.9 Å². The minimum atomic E-state index is -0.639. The predicted molar refractivity (Wildman–Crippen MR) is 65.8 cm³/mol. The quantitative estimate of drug-likeness (QED) is 0.742. The molecule has 1 aromatic rings. The van der Waals surface area contributed by atoms with E-state index in [1.165, 1.54) is 0 Å². The van der Waals surface area contributed by atoms with Gasteiger partial charge in [0.2, 0.25) is 0 Å². The van der Waals surface area contributed by atoms with E-state index in [4.69, 9.17) is 11.5 Å². The minimum absolute atomic E-state index is 0.208. The van der Waals surface area contributed by atoms with Crippen LogP contribution in [0.25, 0.3) is 0 Å². The molecule has 84 valence electrons. The fraction of sp³-hybridized carbons (Fsp3) is 0.308. The van der Waals surface area contributed by atoms with Gasteiger partial charge in [0.15, 0.2) is 0 Å². The molecule has 2 rings (SSSR count). The predicted octanol–water partition coefficient (Wildman–Crippen LogP) is 1.31. The molecule has 0 aromatic carbocycles. The van der Waals surface area contributed by atoms with Gasteiger partial charge in [0, 0.05) is 17.9 Å². The number of rotatable bonds is 1. The molecular weight excluding hydrogens is 198 g/mol. The van der Waals surface area contributed by atoms with Crippen LogP contribution in [0.4, 0.5) is 0 Å². The van der Waals surface area contributed by atoms with E-state index in [0.29, 0.717) is 0 Å². The maximum Gasteiger partial charge on any atom is 0.0806 e. The Balaban J connectivity index is 2.51. The number of hydrogen-bond acceptors (Lipinski definition) is 3.